The van der Waals surface area contributed by atoms with Crippen molar-refractivity contribution < 1.29 is 9.21 Å². The predicted octanol–water partition coefficient (Wildman–Crippen LogP) is 1.49. The van der Waals surface area contributed by atoms with E-state index in [0.717, 1.165) is 18.5 Å². The Morgan fingerprint density at radius 3 is 2.85 bits per heavy atom. The average molecular weight is 351 g/mol. The van der Waals surface area contributed by atoms with Gasteiger partial charge in [-0.15, -0.1) is 0 Å². The fraction of sp³-hybridized carbons (Fsp3) is 0.278. The van der Waals surface area contributed by atoms with Crippen LogP contribution < -0.4 is 10.9 Å². The lowest BCUT2D eigenvalue weighted by Gasteiger charge is -2.09. The van der Waals surface area contributed by atoms with Crippen LogP contribution in [0.4, 0.5) is 0 Å². The Kier molecular flexibility index (Phi) is 4.30. The lowest BCUT2D eigenvalue weighted by atomic mass is 10.2. The van der Waals surface area contributed by atoms with Gasteiger partial charge in [-0.3, -0.25) is 19.1 Å². The summed E-state index contributed by atoms with van der Waals surface area (Å²) in [6.07, 6.45) is 8.26. The minimum Gasteiger partial charge on any atom is -0.463 e. The van der Waals surface area contributed by atoms with Crippen molar-refractivity contribution in [3.05, 3.63) is 64.9 Å². The van der Waals surface area contributed by atoms with Crippen LogP contribution in [0.5, 0.6) is 0 Å². The van der Waals surface area contributed by atoms with E-state index < -0.39 is 0 Å². The topological polar surface area (TPSA) is 103 Å². The monoisotopic (exact) mass is 351 g/mol. The van der Waals surface area contributed by atoms with Crippen molar-refractivity contribution in [3.63, 3.8) is 0 Å². The van der Waals surface area contributed by atoms with Crippen LogP contribution in [-0.4, -0.2) is 25.4 Å². The number of amides is 1. The van der Waals surface area contributed by atoms with E-state index in [0.29, 0.717) is 23.1 Å². The molecule has 0 radical (unpaired) electrons. The summed E-state index contributed by atoms with van der Waals surface area (Å²) in [6, 6.07) is 5.06. The van der Waals surface area contributed by atoms with Crippen molar-refractivity contribution in [2.75, 3.05) is 0 Å². The van der Waals surface area contributed by atoms with Crippen LogP contribution in [0.25, 0.3) is 11.5 Å². The van der Waals surface area contributed by atoms with Gasteiger partial charge in [-0.1, -0.05) is 0 Å². The van der Waals surface area contributed by atoms with Crippen LogP contribution in [0.1, 0.15) is 30.1 Å². The van der Waals surface area contributed by atoms with Gasteiger partial charge in [-0.25, -0.2) is 9.97 Å². The Balaban J connectivity index is 1.41. The van der Waals surface area contributed by atoms with Crippen LogP contribution in [0, 0.1) is 0 Å². The molecular formula is C18H17N5O3. The number of rotatable bonds is 6. The first-order chi connectivity index (χ1) is 12.7. The molecule has 1 N–H and O–H groups in total. The molecule has 1 aliphatic carbocycles. The molecule has 1 fully saturated rings. The highest BCUT2D eigenvalue weighted by Gasteiger charge is 2.25. The van der Waals surface area contributed by atoms with E-state index >= 15 is 0 Å². The first-order valence-corrected chi connectivity index (χ1v) is 8.37. The second-order valence-electron chi connectivity index (χ2n) is 6.16. The second kappa shape index (κ2) is 6.91. The van der Waals surface area contributed by atoms with Crippen molar-refractivity contribution in [2.45, 2.75) is 31.8 Å². The molecule has 26 heavy (non-hydrogen) atoms. The SMILES string of the molecule is O=C(Cn1cnc(C2CC2)cc1=O)NCc1nccnc1-c1ccco1. The van der Waals surface area contributed by atoms with Crippen LogP contribution in [-0.2, 0) is 17.9 Å². The molecule has 1 amide bonds. The molecule has 1 saturated carbocycles. The van der Waals surface area contributed by atoms with Crippen LogP contribution in [0.15, 0.2) is 52.4 Å². The van der Waals surface area contributed by atoms with E-state index in [1.165, 1.54) is 17.0 Å². The number of carbonyl (C=O) groups excluding carboxylic acids is 1. The van der Waals surface area contributed by atoms with Gasteiger partial charge in [0.05, 0.1) is 30.5 Å². The standard InChI is InChI=1S/C18H17N5O3/c24-16(10-23-11-22-13(8-17(23)25)12-3-4-12)21-9-14-18(20-6-5-19-14)15-2-1-7-26-15/h1-2,5-8,11-12H,3-4,9-10H2,(H,21,24). The molecule has 8 heteroatoms. The molecule has 0 spiro atoms. The lowest BCUT2D eigenvalue weighted by molar-refractivity contribution is -0.121. The van der Waals surface area contributed by atoms with Gasteiger partial charge in [-0.05, 0) is 25.0 Å². The smallest absolute Gasteiger partial charge is 0.254 e. The second-order valence-corrected chi connectivity index (χ2v) is 6.16. The van der Waals surface area contributed by atoms with Gasteiger partial charge >= 0.3 is 0 Å². The summed E-state index contributed by atoms with van der Waals surface area (Å²) in [7, 11) is 0. The first kappa shape index (κ1) is 16.2. The molecule has 3 aromatic rings. The molecule has 8 nitrogen and oxygen atoms in total. The zero-order valence-corrected chi connectivity index (χ0v) is 14.0. The third kappa shape index (κ3) is 3.53. The summed E-state index contributed by atoms with van der Waals surface area (Å²) < 4.78 is 6.64. The number of nitrogens with one attached hydrogen (secondary N) is 1. The summed E-state index contributed by atoms with van der Waals surface area (Å²) in [4.78, 5) is 37.1. The lowest BCUT2D eigenvalue weighted by Crippen LogP contribution is -2.32. The molecule has 0 aliphatic heterocycles. The van der Waals surface area contributed by atoms with E-state index in [1.807, 2.05) is 0 Å². The van der Waals surface area contributed by atoms with Crippen LogP contribution >= 0.6 is 0 Å². The zero-order valence-electron chi connectivity index (χ0n) is 14.0. The Morgan fingerprint density at radius 1 is 1.27 bits per heavy atom. The Hall–Kier alpha value is -3.29. The maximum atomic E-state index is 12.2. The highest BCUT2D eigenvalue weighted by molar-refractivity contribution is 5.75. The summed E-state index contributed by atoms with van der Waals surface area (Å²) in [6.45, 7) is 0.0954. The van der Waals surface area contributed by atoms with E-state index in [4.69, 9.17) is 4.42 Å². The largest absolute Gasteiger partial charge is 0.463 e. The number of furan rings is 1. The van der Waals surface area contributed by atoms with Crippen LogP contribution in [0.3, 0.4) is 0 Å². The molecule has 3 aromatic heterocycles. The van der Waals surface area contributed by atoms with Crippen molar-refractivity contribution in [3.8, 4) is 11.5 Å². The van der Waals surface area contributed by atoms with E-state index in [9.17, 15) is 9.59 Å². The molecular weight excluding hydrogens is 334 g/mol. The third-order valence-corrected chi connectivity index (χ3v) is 4.19. The Morgan fingerprint density at radius 2 is 2.12 bits per heavy atom. The number of hydrogen-bond acceptors (Lipinski definition) is 6. The molecule has 4 rings (SSSR count). The van der Waals surface area contributed by atoms with Gasteiger partial charge in [0.1, 0.15) is 12.2 Å². The molecule has 0 unspecified atom stereocenters. The summed E-state index contributed by atoms with van der Waals surface area (Å²) in [5.41, 5.74) is 1.76. The van der Waals surface area contributed by atoms with E-state index in [1.54, 1.807) is 30.8 Å². The molecule has 0 atom stereocenters. The molecule has 0 aromatic carbocycles. The van der Waals surface area contributed by atoms with Crippen molar-refractivity contribution in [1.29, 1.82) is 0 Å². The van der Waals surface area contributed by atoms with Gasteiger partial charge in [0.25, 0.3) is 5.56 Å². The summed E-state index contributed by atoms with van der Waals surface area (Å²) in [5, 5.41) is 2.76. The maximum absolute atomic E-state index is 12.2. The highest BCUT2D eigenvalue weighted by atomic mass is 16.3. The molecule has 0 bridgehead atoms. The van der Waals surface area contributed by atoms with Crippen LogP contribution in [0.2, 0.25) is 0 Å². The van der Waals surface area contributed by atoms with E-state index in [-0.39, 0.29) is 24.6 Å². The molecule has 3 heterocycles. The summed E-state index contributed by atoms with van der Waals surface area (Å²) >= 11 is 0. The fourth-order valence-corrected chi connectivity index (χ4v) is 2.67. The number of aromatic nitrogens is 4. The van der Waals surface area contributed by atoms with Gasteiger partial charge in [0.15, 0.2) is 5.76 Å². The normalized spacial score (nSPS) is 13.5. The maximum Gasteiger partial charge on any atom is 0.254 e. The third-order valence-electron chi connectivity index (χ3n) is 4.19. The first-order valence-electron chi connectivity index (χ1n) is 8.37. The minimum absolute atomic E-state index is 0.0902. The van der Waals surface area contributed by atoms with Gasteiger partial charge in [-0.2, -0.15) is 0 Å². The van der Waals surface area contributed by atoms with Crippen molar-refractivity contribution in [1.82, 2.24) is 24.8 Å². The summed E-state index contributed by atoms with van der Waals surface area (Å²) in [5.74, 6) is 0.686. The minimum atomic E-state index is -0.302. The predicted molar refractivity (Wildman–Crippen MR) is 92.1 cm³/mol. The number of hydrogen-bond donors (Lipinski definition) is 1. The van der Waals surface area contributed by atoms with Gasteiger partial charge < -0.3 is 9.73 Å². The average Bonchev–Trinajstić information content (AvgIpc) is 3.36. The number of carbonyl (C=O) groups is 1. The van der Waals surface area contributed by atoms with Gasteiger partial charge in [0, 0.05) is 24.4 Å². The quantitative estimate of drug-likeness (QED) is 0.722. The Labute approximate surface area is 148 Å². The van der Waals surface area contributed by atoms with E-state index in [2.05, 4.69) is 20.3 Å². The Bertz CT molecular complexity index is 976. The van der Waals surface area contributed by atoms with Crippen molar-refractivity contribution in [2.24, 2.45) is 0 Å². The van der Waals surface area contributed by atoms with Gasteiger partial charge in [0.2, 0.25) is 5.91 Å². The van der Waals surface area contributed by atoms with Crippen molar-refractivity contribution >= 4 is 5.91 Å². The molecule has 0 saturated heterocycles. The highest BCUT2D eigenvalue weighted by Crippen LogP contribution is 2.38. The fourth-order valence-electron chi connectivity index (χ4n) is 2.67. The molecule has 132 valence electrons. The number of nitrogens with zero attached hydrogens (tertiary/aromatic N) is 4. The zero-order chi connectivity index (χ0) is 17.9. The molecule has 1 aliphatic rings.